The van der Waals surface area contributed by atoms with E-state index >= 15 is 0 Å². The van der Waals surface area contributed by atoms with Gasteiger partial charge in [-0.25, -0.2) is 9.97 Å². The number of nitrogens with one attached hydrogen (secondary N) is 2. The summed E-state index contributed by atoms with van der Waals surface area (Å²) in [5, 5.41) is 6.41. The number of nitrogens with zero attached hydrogens (tertiary/aromatic N) is 2. The monoisotopic (exact) mass is 242 g/mol. The zero-order valence-corrected chi connectivity index (χ0v) is 10.9. The molecule has 4 nitrogen and oxygen atoms in total. The van der Waals surface area contributed by atoms with Crippen molar-refractivity contribution in [3.63, 3.8) is 0 Å². The van der Waals surface area contributed by atoms with Crippen molar-refractivity contribution in [2.45, 2.75) is 19.9 Å². The zero-order chi connectivity index (χ0) is 13.0. The van der Waals surface area contributed by atoms with Crippen molar-refractivity contribution in [3.8, 4) is 0 Å². The van der Waals surface area contributed by atoms with Gasteiger partial charge in [0.2, 0.25) is 0 Å². The largest absolute Gasteiger partial charge is 0.373 e. The van der Waals surface area contributed by atoms with Crippen molar-refractivity contribution in [3.05, 3.63) is 47.8 Å². The van der Waals surface area contributed by atoms with E-state index in [2.05, 4.69) is 39.7 Å². The van der Waals surface area contributed by atoms with Crippen LogP contribution in [0.1, 0.15) is 24.4 Å². The highest BCUT2D eigenvalue weighted by Gasteiger charge is 2.07. The Balaban J connectivity index is 2.16. The maximum Gasteiger partial charge on any atom is 0.132 e. The quantitative estimate of drug-likeness (QED) is 0.865. The van der Waals surface area contributed by atoms with Crippen LogP contribution in [-0.4, -0.2) is 17.0 Å². The molecule has 0 aliphatic rings. The second-order valence-electron chi connectivity index (χ2n) is 4.21. The molecule has 1 aromatic carbocycles. The molecule has 0 fully saturated rings. The van der Waals surface area contributed by atoms with Gasteiger partial charge >= 0.3 is 0 Å². The summed E-state index contributed by atoms with van der Waals surface area (Å²) in [7, 11) is 1.85. The molecular formula is C14H18N4. The number of benzene rings is 1. The summed E-state index contributed by atoms with van der Waals surface area (Å²) in [6.45, 7) is 4.00. The van der Waals surface area contributed by atoms with E-state index in [1.165, 1.54) is 5.56 Å². The molecule has 0 radical (unpaired) electrons. The van der Waals surface area contributed by atoms with Crippen LogP contribution in [0.2, 0.25) is 0 Å². The second-order valence-corrected chi connectivity index (χ2v) is 4.21. The van der Waals surface area contributed by atoms with Gasteiger partial charge in [0.15, 0.2) is 0 Å². The summed E-state index contributed by atoms with van der Waals surface area (Å²) < 4.78 is 0. The van der Waals surface area contributed by atoms with E-state index < -0.39 is 0 Å². The predicted octanol–water partition coefficient (Wildman–Crippen LogP) is 3.00. The van der Waals surface area contributed by atoms with Gasteiger partial charge in [-0.15, -0.1) is 0 Å². The number of aromatic nitrogens is 2. The first-order valence-corrected chi connectivity index (χ1v) is 6.04. The molecule has 94 valence electrons. The maximum absolute atomic E-state index is 4.39. The third kappa shape index (κ3) is 2.97. The van der Waals surface area contributed by atoms with Crippen LogP contribution in [0.5, 0.6) is 0 Å². The normalized spacial score (nSPS) is 11.9. The number of rotatable bonds is 4. The number of aryl methyl sites for hydroxylation is 1. The maximum atomic E-state index is 4.39. The Morgan fingerprint density at radius 3 is 2.39 bits per heavy atom. The van der Waals surface area contributed by atoms with Crippen LogP contribution in [0.25, 0.3) is 0 Å². The van der Waals surface area contributed by atoms with E-state index in [1.54, 1.807) is 0 Å². The van der Waals surface area contributed by atoms with Crippen molar-refractivity contribution in [1.29, 1.82) is 0 Å². The van der Waals surface area contributed by atoms with E-state index in [-0.39, 0.29) is 6.04 Å². The zero-order valence-electron chi connectivity index (χ0n) is 10.9. The van der Waals surface area contributed by atoms with Gasteiger partial charge in [-0.2, -0.15) is 0 Å². The highest BCUT2D eigenvalue weighted by atomic mass is 15.1. The highest BCUT2D eigenvalue weighted by Crippen LogP contribution is 2.19. The number of hydrogen-bond donors (Lipinski definition) is 2. The molecule has 0 aliphatic heterocycles. The molecule has 1 unspecified atom stereocenters. The Morgan fingerprint density at radius 2 is 1.72 bits per heavy atom. The fraction of sp³-hybridized carbons (Fsp3) is 0.286. The van der Waals surface area contributed by atoms with Crippen molar-refractivity contribution < 1.29 is 0 Å². The third-order valence-corrected chi connectivity index (χ3v) is 2.76. The SMILES string of the molecule is CNc1cc(NC(C)c2ccccc2)nc(C)n1. The molecule has 0 saturated heterocycles. The summed E-state index contributed by atoms with van der Waals surface area (Å²) in [5.41, 5.74) is 1.24. The molecular weight excluding hydrogens is 224 g/mol. The van der Waals surface area contributed by atoms with Gasteiger partial charge in [0.05, 0.1) is 0 Å². The Labute approximate surface area is 107 Å². The Bertz CT molecular complexity index is 510. The van der Waals surface area contributed by atoms with Crippen LogP contribution in [-0.2, 0) is 0 Å². The lowest BCUT2D eigenvalue weighted by atomic mass is 10.1. The summed E-state index contributed by atoms with van der Waals surface area (Å²) in [4.78, 5) is 8.66. The van der Waals surface area contributed by atoms with Gasteiger partial charge in [-0.05, 0) is 19.4 Å². The summed E-state index contributed by atoms with van der Waals surface area (Å²) >= 11 is 0. The molecule has 0 aliphatic carbocycles. The van der Waals surface area contributed by atoms with Crippen LogP contribution in [0, 0.1) is 6.92 Å². The van der Waals surface area contributed by atoms with Crippen molar-refractivity contribution in [2.75, 3.05) is 17.7 Å². The molecule has 1 heterocycles. The molecule has 0 amide bonds. The minimum absolute atomic E-state index is 0.213. The predicted molar refractivity (Wildman–Crippen MR) is 74.8 cm³/mol. The third-order valence-electron chi connectivity index (χ3n) is 2.76. The average molecular weight is 242 g/mol. The average Bonchev–Trinajstić information content (AvgIpc) is 2.39. The summed E-state index contributed by atoms with van der Waals surface area (Å²) in [6.07, 6.45) is 0. The van der Waals surface area contributed by atoms with Gasteiger partial charge in [0, 0.05) is 19.2 Å². The highest BCUT2D eigenvalue weighted by molar-refractivity contribution is 5.48. The van der Waals surface area contributed by atoms with Crippen molar-refractivity contribution in [1.82, 2.24) is 9.97 Å². The Morgan fingerprint density at radius 1 is 1.06 bits per heavy atom. The van der Waals surface area contributed by atoms with Gasteiger partial charge in [0.1, 0.15) is 17.5 Å². The van der Waals surface area contributed by atoms with Crippen LogP contribution < -0.4 is 10.6 Å². The molecule has 0 bridgehead atoms. The number of anilines is 2. The van der Waals surface area contributed by atoms with Crippen molar-refractivity contribution >= 4 is 11.6 Å². The van der Waals surface area contributed by atoms with Crippen LogP contribution >= 0.6 is 0 Å². The van der Waals surface area contributed by atoms with Gasteiger partial charge in [0.25, 0.3) is 0 Å². The van der Waals surface area contributed by atoms with E-state index in [0.29, 0.717) is 0 Å². The van der Waals surface area contributed by atoms with E-state index in [0.717, 1.165) is 17.5 Å². The van der Waals surface area contributed by atoms with E-state index in [4.69, 9.17) is 0 Å². The Kier molecular flexibility index (Phi) is 3.77. The molecule has 4 heteroatoms. The first-order chi connectivity index (χ1) is 8.69. The smallest absolute Gasteiger partial charge is 0.132 e. The van der Waals surface area contributed by atoms with Crippen LogP contribution in [0.3, 0.4) is 0 Å². The lowest BCUT2D eigenvalue weighted by Gasteiger charge is -2.15. The topological polar surface area (TPSA) is 49.8 Å². The fourth-order valence-electron chi connectivity index (χ4n) is 1.82. The molecule has 0 saturated carbocycles. The summed E-state index contributed by atoms with van der Waals surface area (Å²) in [6, 6.07) is 12.4. The lowest BCUT2D eigenvalue weighted by molar-refractivity contribution is 0.867. The van der Waals surface area contributed by atoms with Crippen molar-refractivity contribution in [2.24, 2.45) is 0 Å². The second kappa shape index (κ2) is 5.49. The molecule has 2 N–H and O–H groups in total. The van der Waals surface area contributed by atoms with E-state index in [1.807, 2.05) is 38.2 Å². The first-order valence-electron chi connectivity index (χ1n) is 6.04. The van der Waals surface area contributed by atoms with Crippen LogP contribution in [0.4, 0.5) is 11.6 Å². The van der Waals surface area contributed by atoms with Crippen LogP contribution in [0.15, 0.2) is 36.4 Å². The van der Waals surface area contributed by atoms with Gasteiger partial charge < -0.3 is 10.6 Å². The Hall–Kier alpha value is -2.10. The fourth-order valence-corrected chi connectivity index (χ4v) is 1.82. The molecule has 18 heavy (non-hydrogen) atoms. The molecule has 0 spiro atoms. The molecule has 2 aromatic rings. The minimum atomic E-state index is 0.213. The molecule has 1 atom stereocenters. The van der Waals surface area contributed by atoms with E-state index in [9.17, 15) is 0 Å². The standard InChI is InChI=1S/C14H18N4/c1-10(12-7-5-4-6-8-12)16-14-9-13(15-3)17-11(2)18-14/h4-10H,1-3H3,(H2,15,16,17,18). The minimum Gasteiger partial charge on any atom is -0.373 e. The molecule has 2 rings (SSSR count). The lowest BCUT2D eigenvalue weighted by Crippen LogP contribution is -2.09. The first kappa shape index (κ1) is 12.4. The summed E-state index contributed by atoms with van der Waals surface area (Å²) in [5.74, 6) is 2.41. The number of hydrogen-bond acceptors (Lipinski definition) is 4. The van der Waals surface area contributed by atoms with Gasteiger partial charge in [-0.3, -0.25) is 0 Å². The van der Waals surface area contributed by atoms with Gasteiger partial charge in [-0.1, -0.05) is 30.3 Å². The molecule has 1 aromatic heterocycles.